The van der Waals surface area contributed by atoms with Crippen LogP contribution in [0, 0.1) is 13.8 Å². The van der Waals surface area contributed by atoms with Crippen LogP contribution in [-0.2, 0) is 9.59 Å². The van der Waals surface area contributed by atoms with E-state index in [2.05, 4.69) is 21.2 Å². The molecule has 0 bridgehead atoms. The van der Waals surface area contributed by atoms with Crippen LogP contribution in [0.4, 0.5) is 10.5 Å². The Bertz CT molecular complexity index is 1200. The Labute approximate surface area is 181 Å². The number of para-hydroxylation sites is 2. The van der Waals surface area contributed by atoms with E-state index in [9.17, 15) is 14.4 Å². The molecule has 7 heteroatoms. The largest absolute Gasteiger partial charge is 0.335 e. The van der Waals surface area contributed by atoms with E-state index in [1.54, 1.807) is 30.3 Å². The highest BCUT2D eigenvalue weighted by Crippen LogP contribution is 2.33. The first-order valence-corrected chi connectivity index (χ1v) is 10.1. The predicted octanol–water partition coefficient (Wildman–Crippen LogP) is 4.52. The first-order chi connectivity index (χ1) is 14.4. The normalized spacial score (nSPS) is 15.6. The lowest BCUT2D eigenvalue weighted by Gasteiger charge is -2.26. The maximum absolute atomic E-state index is 13.1. The third-order valence-electron chi connectivity index (χ3n) is 5.03. The fourth-order valence-corrected chi connectivity index (χ4v) is 4.15. The van der Waals surface area contributed by atoms with Crippen LogP contribution < -0.4 is 10.2 Å². The lowest BCUT2D eigenvalue weighted by atomic mass is 10.1. The van der Waals surface area contributed by atoms with Gasteiger partial charge in [-0.15, -0.1) is 0 Å². The molecule has 3 aromatic rings. The Hall–Kier alpha value is -3.45. The molecule has 4 rings (SSSR count). The highest BCUT2D eigenvalue weighted by molar-refractivity contribution is 9.10. The van der Waals surface area contributed by atoms with Crippen molar-refractivity contribution in [2.75, 3.05) is 4.90 Å². The molecule has 1 fully saturated rings. The number of barbiturate groups is 1. The number of nitrogens with one attached hydrogen (secondary N) is 1. The molecule has 0 unspecified atom stereocenters. The molecule has 1 aromatic heterocycles. The van der Waals surface area contributed by atoms with Crippen LogP contribution in [0.5, 0.6) is 0 Å². The molecule has 2 aromatic carbocycles. The number of imide groups is 2. The third kappa shape index (κ3) is 3.27. The number of benzene rings is 2. The second-order valence-electron chi connectivity index (χ2n) is 6.86. The summed E-state index contributed by atoms with van der Waals surface area (Å²) < 4.78 is 2.82. The minimum atomic E-state index is -0.762. The standard InChI is InChI=1S/C23H18BrN3O3/c1-14-18(20(24)15(2)26(14)16-9-5-3-6-10-16)13-19-21(28)25-23(30)27(22(19)29)17-11-7-4-8-12-17/h3-13H,1-2H3,(H,25,28,30)/b19-13+. The summed E-state index contributed by atoms with van der Waals surface area (Å²) in [5.41, 5.74) is 3.77. The highest BCUT2D eigenvalue weighted by Gasteiger charge is 2.37. The molecule has 1 aliphatic rings. The van der Waals surface area contributed by atoms with Crippen molar-refractivity contribution in [2.24, 2.45) is 0 Å². The van der Waals surface area contributed by atoms with Crippen LogP contribution >= 0.6 is 15.9 Å². The van der Waals surface area contributed by atoms with E-state index >= 15 is 0 Å². The van der Waals surface area contributed by atoms with Gasteiger partial charge in [0.2, 0.25) is 0 Å². The quantitative estimate of drug-likeness (QED) is 0.458. The lowest BCUT2D eigenvalue weighted by Crippen LogP contribution is -2.54. The SMILES string of the molecule is Cc1c(Br)c(/C=C2\C(=O)NC(=O)N(c3ccccc3)C2=O)c(C)n1-c1ccccc1. The van der Waals surface area contributed by atoms with Crippen LogP contribution in [0.1, 0.15) is 17.0 Å². The van der Waals surface area contributed by atoms with Gasteiger partial charge in [0.25, 0.3) is 11.8 Å². The van der Waals surface area contributed by atoms with E-state index in [1.807, 2.05) is 48.7 Å². The maximum atomic E-state index is 13.1. The number of carbonyl (C=O) groups is 3. The molecule has 1 aliphatic heterocycles. The number of aromatic nitrogens is 1. The number of nitrogens with zero attached hydrogens (tertiary/aromatic N) is 2. The van der Waals surface area contributed by atoms with Crippen molar-refractivity contribution in [3.63, 3.8) is 0 Å². The van der Waals surface area contributed by atoms with E-state index < -0.39 is 17.8 Å². The zero-order chi connectivity index (χ0) is 21.4. The van der Waals surface area contributed by atoms with Crippen molar-refractivity contribution >= 4 is 45.5 Å². The van der Waals surface area contributed by atoms with Gasteiger partial charge in [-0.2, -0.15) is 0 Å². The molecule has 0 spiro atoms. The lowest BCUT2D eigenvalue weighted by molar-refractivity contribution is -0.122. The maximum Gasteiger partial charge on any atom is 0.335 e. The summed E-state index contributed by atoms with van der Waals surface area (Å²) in [6, 6.07) is 17.5. The number of rotatable bonds is 3. The Morgan fingerprint density at radius 1 is 0.833 bits per heavy atom. The van der Waals surface area contributed by atoms with Gasteiger partial charge in [-0.3, -0.25) is 14.9 Å². The van der Waals surface area contributed by atoms with E-state index in [-0.39, 0.29) is 5.57 Å². The van der Waals surface area contributed by atoms with E-state index in [0.717, 1.165) is 26.4 Å². The van der Waals surface area contributed by atoms with Crippen molar-refractivity contribution < 1.29 is 14.4 Å². The van der Waals surface area contributed by atoms with Crippen LogP contribution in [0.25, 0.3) is 11.8 Å². The predicted molar refractivity (Wildman–Crippen MR) is 118 cm³/mol. The summed E-state index contributed by atoms with van der Waals surface area (Å²) in [6.45, 7) is 3.87. The van der Waals surface area contributed by atoms with E-state index in [1.165, 1.54) is 6.08 Å². The Morgan fingerprint density at radius 3 is 2.00 bits per heavy atom. The Balaban J connectivity index is 1.82. The van der Waals surface area contributed by atoms with Crippen molar-refractivity contribution in [2.45, 2.75) is 13.8 Å². The third-order valence-corrected chi connectivity index (χ3v) is 6.03. The Kier molecular flexibility index (Phi) is 5.13. The topological polar surface area (TPSA) is 71.4 Å². The monoisotopic (exact) mass is 463 g/mol. The molecule has 1 N–H and O–H groups in total. The molecule has 150 valence electrons. The van der Waals surface area contributed by atoms with Gasteiger partial charge < -0.3 is 4.57 Å². The summed E-state index contributed by atoms with van der Waals surface area (Å²) in [5, 5.41) is 2.26. The fourth-order valence-electron chi connectivity index (χ4n) is 3.57. The number of hydrogen-bond acceptors (Lipinski definition) is 3. The van der Waals surface area contributed by atoms with Crippen LogP contribution in [0.2, 0.25) is 0 Å². The number of halogens is 1. The summed E-state index contributed by atoms with van der Waals surface area (Å²) in [6.07, 6.45) is 1.53. The smallest absolute Gasteiger partial charge is 0.317 e. The molecule has 0 radical (unpaired) electrons. The number of carbonyl (C=O) groups excluding carboxylic acids is 3. The molecule has 1 saturated heterocycles. The summed E-state index contributed by atoms with van der Waals surface area (Å²) in [5.74, 6) is -1.38. The Morgan fingerprint density at radius 2 is 1.40 bits per heavy atom. The summed E-state index contributed by atoms with van der Waals surface area (Å²) >= 11 is 3.60. The minimum absolute atomic E-state index is 0.104. The highest BCUT2D eigenvalue weighted by atomic mass is 79.9. The number of anilines is 1. The molecule has 30 heavy (non-hydrogen) atoms. The van der Waals surface area contributed by atoms with E-state index in [0.29, 0.717) is 11.3 Å². The molecule has 2 heterocycles. The van der Waals surface area contributed by atoms with Crippen molar-refractivity contribution in [1.29, 1.82) is 0 Å². The van der Waals surface area contributed by atoms with Gasteiger partial charge in [-0.05, 0) is 60.1 Å². The van der Waals surface area contributed by atoms with Crippen molar-refractivity contribution in [3.05, 3.63) is 87.7 Å². The molecular weight excluding hydrogens is 446 g/mol. The number of hydrogen-bond donors (Lipinski definition) is 1. The molecular formula is C23H18BrN3O3. The van der Waals surface area contributed by atoms with Crippen molar-refractivity contribution in [1.82, 2.24) is 9.88 Å². The van der Waals surface area contributed by atoms with Gasteiger partial charge in [-0.25, -0.2) is 9.69 Å². The average molecular weight is 464 g/mol. The first-order valence-electron chi connectivity index (χ1n) is 9.29. The van der Waals surface area contributed by atoms with Gasteiger partial charge in [0.15, 0.2) is 0 Å². The first kappa shape index (κ1) is 19.8. The van der Waals surface area contributed by atoms with Crippen LogP contribution in [0.3, 0.4) is 0 Å². The fraction of sp³-hybridized carbons (Fsp3) is 0.0870. The number of amides is 4. The van der Waals surface area contributed by atoms with E-state index in [4.69, 9.17) is 0 Å². The zero-order valence-corrected chi connectivity index (χ0v) is 17.9. The summed E-state index contributed by atoms with van der Waals surface area (Å²) in [4.78, 5) is 38.9. The van der Waals surface area contributed by atoms with Crippen molar-refractivity contribution in [3.8, 4) is 5.69 Å². The van der Waals surface area contributed by atoms with Crippen LogP contribution in [-0.4, -0.2) is 22.4 Å². The van der Waals surface area contributed by atoms with Gasteiger partial charge in [0, 0.05) is 27.1 Å². The number of urea groups is 1. The second kappa shape index (κ2) is 7.76. The minimum Gasteiger partial charge on any atom is -0.317 e. The molecule has 6 nitrogen and oxygen atoms in total. The molecule has 0 saturated carbocycles. The van der Waals surface area contributed by atoms with Crippen LogP contribution in [0.15, 0.2) is 70.7 Å². The molecule has 4 amide bonds. The van der Waals surface area contributed by atoms with Gasteiger partial charge in [0.1, 0.15) is 5.57 Å². The second-order valence-corrected chi connectivity index (χ2v) is 7.66. The molecule has 0 aliphatic carbocycles. The summed E-state index contributed by atoms with van der Waals surface area (Å²) in [7, 11) is 0. The van der Waals surface area contributed by atoms with Gasteiger partial charge in [-0.1, -0.05) is 36.4 Å². The zero-order valence-electron chi connectivity index (χ0n) is 16.3. The van der Waals surface area contributed by atoms with Gasteiger partial charge in [0.05, 0.1) is 5.69 Å². The van der Waals surface area contributed by atoms with Gasteiger partial charge >= 0.3 is 6.03 Å². The molecule has 0 atom stereocenters. The average Bonchev–Trinajstić information content (AvgIpc) is 2.95.